The molecule has 5 nitrogen and oxygen atoms in total. The van der Waals surface area contributed by atoms with E-state index in [4.69, 9.17) is 27.9 Å². The fourth-order valence-electron chi connectivity index (χ4n) is 1.71. The first-order chi connectivity index (χ1) is 10.9. The molecule has 7 heteroatoms. The first-order valence-corrected chi connectivity index (χ1v) is 7.38. The van der Waals surface area contributed by atoms with Crippen molar-refractivity contribution in [1.82, 2.24) is 0 Å². The third-order valence-electron chi connectivity index (χ3n) is 2.94. The minimum Gasteiger partial charge on any atom is -0.508 e. The molecule has 1 unspecified atom stereocenters. The van der Waals surface area contributed by atoms with Crippen molar-refractivity contribution < 1.29 is 19.4 Å². The maximum Gasteiger partial charge on any atom is 0.338 e. The molecular weight excluding hydrogens is 341 g/mol. The van der Waals surface area contributed by atoms with Gasteiger partial charge >= 0.3 is 5.97 Å². The van der Waals surface area contributed by atoms with E-state index in [1.54, 1.807) is 12.1 Å². The molecule has 120 valence electrons. The van der Waals surface area contributed by atoms with Gasteiger partial charge in [0.05, 0.1) is 16.3 Å². The number of phenols is 1. The van der Waals surface area contributed by atoms with Crippen LogP contribution in [0.2, 0.25) is 10.0 Å². The molecule has 2 aromatic carbocycles. The number of hydrogen-bond acceptors (Lipinski definition) is 4. The zero-order chi connectivity index (χ0) is 17.0. The predicted molar refractivity (Wildman–Crippen MR) is 88.1 cm³/mol. The average Bonchev–Trinajstić information content (AvgIpc) is 2.51. The lowest BCUT2D eigenvalue weighted by Gasteiger charge is -2.14. The van der Waals surface area contributed by atoms with E-state index >= 15 is 0 Å². The van der Waals surface area contributed by atoms with Gasteiger partial charge in [-0.25, -0.2) is 4.79 Å². The largest absolute Gasteiger partial charge is 0.508 e. The molecule has 0 aliphatic carbocycles. The van der Waals surface area contributed by atoms with Crippen molar-refractivity contribution in [1.29, 1.82) is 0 Å². The molecule has 0 bridgehead atoms. The van der Waals surface area contributed by atoms with Crippen molar-refractivity contribution >= 4 is 40.8 Å². The minimum absolute atomic E-state index is 0.0305. The highest BCUT2D eigenvalue weighted by Gasteiger charge is 2.20. The van der Waals surface area contributed by atoms with E-state index in [1.807, 2.05) is 0 Å². The Bertz CT molecular complexity index is 731. The molecule has 0 aliphatic heterocycles. The van der Waals surface area contributed by atoms with Gasteiger partial charge in [-0.3, -0.25) is 4.79 Å². The van der Waals surface area contributed by atoms with E-state index in [-0.39, 0.29) is 11.3 Å². The average molecular weight is 354 g/mol. The Kier molecular flexibility index (Phi) is 5.47. The number of carbonyl (C=O) groups is 2. The second kappa shape index (κ2) is 7.35. The smallest absolute Gasteiger partial charge is 0.338 e. The molecule has 0 aromatic heterocycles. The van der Waals surface area contributed by atoms with E-state index in [1.165, 1.54) is 37.3 Å². The number of rotatable bonds is 4. The van der Waals surface area contributed by atoms with E-state index < -0.39 is 18.0 Å². The van der Waals surface area contributed by atoms with Crippen LogP contribution in [-0.2, 0) is 9.53 Å². The molecule has 0 spiro atoms. The van der Waals surface area contributed by atoms with E-state index in [2.05, 4.69) is 5.32 Å². The van der Waals surface area contributed by atoms with Gasteiger partial charge in [0, 0.05) is 5.02 Å². The first kappa shape index (κ1) is 17.1. The molecule has 0 fully saturated rings. The maximum atomic E-state index is 12.1. The minimum atomic E-state index is -1.04. The van der Waals surface area contributed by atoms with Gasteiger partial charge in [0.2, 0.25) is 0 Å². The molecule has 0 saturated carbocycles. The fourth-order valence-corrected chi connectivity index (χ4v) is 2.04. The second-order valence-corrected chi connectivity index (χ2v) is 5.55. The van der Waals surface area contributed by atoms with Crippen molar-refractivity contribution in [2.75, 3.05) is 5.32 Å². The molecule has 0 radical (unpaired) electrons. The third kappa shape index (κ3) is 4.61. The molecule has 23 heavy (non-hydrogen) atoms. The van der Waals surface area contributed by atoms with Gasteiger partial charge in [0.15, 0.2) is 6.10 Å². The Morgan fingerprint density at radius 2 is 1.78 bits per heavy atom. The van der Waals surface area contributed by atoms with Gasteiger partial charge in [-0.2, -0.15) is 0 Å². The van der Waals surface area contributed by atoms with Crippen molar-refractivity contribution in [3.63, 3.8) is 0 Å². The highest BCUT2D eigenvalue weighted by Crippen LogP contribution is 2.25. The summed E-state index contributed by atoms with van der Waals surface area (Å²) < 4.78 is 5.07. The van der Waals surface area contributed by atoms with Crippen LogP contribution >= 0.6 is 23.2 Å². The van der Waals surface area contributed by atoms with Gasteiger partial charge in [-0.15, -0.1) is 0 Å². The number of amides is 1. The highest BCUT2D eigenvalue weighted by atomic mass is 35.5. The number of phenolic OH excluding ortho intramolecular Hbond substituents is 1. The summed E-state index contributed by atoms with van der Waals surface area (Å²) in [5, 5.41) is 12.5. The number of ether oxygens (including phenoxy) is 1. The molecular formula is C16H13Cl2NO4. The summed E-state index contributed by atoms with van der Waals surface area (Å²) in [4.78, 5) is 24.0. The summed E-state index contributed by atoms with van der Waals surface area (Å²) in [6, 6.07) is 10.1. The highest BCUT2D eigenvalue weighted by molar-refractivity contribution is 6.35. The molecule has 1 amide bonds. The second-order valence-electron chi connectivity index (χ2n) is 4.71. The Balaban J connectivity index is 2.01. The van der Waals surface area contributed by atoms with Crippen LogP contribution in [0.15, 0.2) is 42.5 Å². The molecule has 2 rings (SSSR count). The van der Waals surface area contributed by atoms with E-state index in [9.17, 15) is 14.7 Å². The Morgan fingerprint density at radius 1 is 1.13 bits per heavy atom. The number of carbonyl (C=O) groups excluding carboxylic acids is 2. The summed E-state index contributed by atoms with van der Waals surface area (Å²) in [5.74, 6) is -1.19. The van der Waals surface area contributed by atoms with Crippen molar-refractivity contribution in [2.24, 2.45) is 0 Å². The number of aromatic hydroxyl groups is 1. The number of esters is 1. The zero-order valence-electron chi connectivity index (χ0n) is 12.0. The van der Waals surface area contributed by atoms with Crippen molar-refractivity contribution in [2.45, 2.75) is 13.0 Å². The predicted octanol–water partition coefficient (Wildman–Crippen LogP) is 3.88. The molecule has 0 heterocycles. The summed E-state index contributed by atoms with van der Waals surface area (Å²) in [5.41, 5.74) is 0.555. The Morgan fingerprint density at radius 3 is 2.43 bits per heavy atom. The van der Waals surface area contributed by atoms with Gasteiger partial charge in [0.25, 0.3) is 5.91 Å². The molecule has 0 aliphatic rings. The quantitative estimate of drug-likeness (QED) is 0.817. The third-order valence-corrected chi connectivity index (χ3v) is 3.51. The molecule has 2 N–H and O–H groups in total. The molecule has 1 atom stereocenters. The van der Waals surface area contributed by atoms with Crippen LogP contribution in [0.25, 0.3) is 0 Å². The lowest BCUT2D eigenvalue weighted by atomic mass is 10.2. The fraction of sp³-hybridized carbons (Fsp3) is 0.125. The van der Waals surface area contributed by atoms with Crippen LogP contribution in [0.1, 0.15) is 17.3 Å². The first-order valence-electron chi connectivity index (χ1n) is 6.63. The lowest BCUT2D eigenvalue weighted by molar-refractivity contribution is -0.123. The van der Waals surface area contributed by atoms with Crippen LogP contribution in [0.5, 0.6) is 5.75 Å². The van der Waals surface area contributed by atoms with Gasteiger partial charge < -0.3 is 15.2 Å². The van der Waals surface area contributed by atoms with Crippen LogP contribution in [-0.4, -0.2) is 23.1 Å². The summed E-state index contributed by atoms with van der Waals surface area (Å²) >= 11 is 11.8. The van der Waals surface area contributed by atoms with Crippen molar-refractivity contribution in [3.05, 3.63) is 58.1 Å². The lowest BCUT2D eigenvalue weighted by Crippen LogP contribution is -2.30. The number of anilines is 1. The summed E-state index contributed by atoms with van der Waals surface area (Å²) in [6.07, 6.45) is -1.04. The Labute approximate surface area is 142 Å². The number of halogens is 2. The standard InChI is InChI=1S/C16H13Cl2NO4/c1-9(23-16(22)10-2-5-12(20)6-3-10)15(21)19-14-8-11(17)4-7-13(14)18/h2-9,20H,1H3,(H,19,21). The van der Waals surface area contributed by atoms with Crippen LogP contribution in [0.4, 0.5) is 5.69 Å². The number of benzene rings is 2. The summed E-state index contributed by atoms with van der Waals surface area (Å²) in [6.45, 7) is 1.44. The van der Waals surface area contributed by atoms with Crippen molar-refractivity contribution in [3.8, 4) is 5.75 Å². The topological polar surface area (TPSA) is 75.6 Å². The zero-order valence-corrected chi connectivity index (χ0v) is 13.6. The summed E-state index contributed by atoms with van der Waals surface area (Å²) in [7, 11) is 0. The molecule has 2 aromatic rings. The Hall–Kier alpha value is -2.24. The van der Waals surface area contributed by atoms with Gasteiger partial charge in [-0.05, 0) is 49.4 Å². The van der Waals surface area contributed by atoms with Crippen LogP contribution < -0.4 is 5.32 Å². The monoisotopic (exact) mass is 353 g/mol. The maximum absolute atomic E-state index is 12.1. The van der Waals surface area contributed by atoms with Gasteiger partial charge in [-0.1, -0.05) is 23.2 Å². The van der Waals surface area contributed by atoms with Crippen LogP contribution in [0.3, 0.4) is 0 Å². The number of hydrogen-bond donors (Lipinski definition) is 2. The van der Waals surface area contributed by atoms with E-state index in [0.717, 1.165) is 0 Å². The normalized spacial score (nSPS) is 11.6. The number of nitrogens with one attached hydrogen (secondary N) is 1. The molecule has 0 saturated heterocycles. The van der Waals surface area contributed by atoms with Gasteiger partial charge in [0.1, 0.15) is 5.75 Å². The SMILES string of the molecule is CC(OC(=O)c1ccc(O)cc1)C(=O)Nc1cc(Cl)ccc1Cl. The van der Waals surface area contributed by atoms with E-state index in [0.29, 0.717) is 15.7 Å². The van der Waals surface area contributed by atoms with Crippen LogP contribution in [0, 0.1) is 0 Å².